The highest BCUT2D eigenvalue weighted by atomic mass is 14.3. The van der Waals surface area contributed by atoms with Gasteiger partial charge in [0, 0.05) is 0 Å². The van der Waals surface area contributed by atoms with E-state index in [4.69, 9.17) is 10.5 Å². The Bertz CT molecular complexity index is 225. The van der Waals surface area contributed by atoms with Crippen LogP contribution in [0.15, 0.2) is 30.0 Å². The number of nitriles is 2. The Hall–Kier alpha value is -1.76. The maximum Gasteiger partial charge on any atom is 0.130 e. The van der Waals surface area contributed by atoms with Gasteiger partial charge in [-0.3, -0.25) is 0 Å². The monoisotopic (exact) mass is 116 g/mol. The lowest BCUT2D eigenvalue weighted by Crippen LogP contribution is -1.65. The third kappa shape index (κ3) is 2.88. The molecule has 2 nitrogen and oxygen atoms in total. The first-order valence-corrected chi connectivity index (χ1v) is 2.21. The molecule has 0 aromatic rings. The maximum atomic E-state index is 8.14. The summed E-state index contributed by atoms with van der Waals surface area (Å²) in [5.41, 5.74) is 2.47. The zero-order valence-electron chi connectivity index (χ0n) is 4.76. The highest BCUT2D eigenvalue weighted by Gasteiger charge is 1.83. The van der Waals surface area contributed by atoms with Gasteiger partial charge in [0.2, 0.25) is 0 Å². The lowest BCUT2D eigenvalue weighted by atomic mass is 10.3. The molecule has 0 heterocycles. The van der Waals surface area contributed by atoms with E-state index in [2.05, 4.69) is 12.3 Å². The van der Waals surface area contributed by atoms with Gasteiger partial charge < -0.3 is 0 Å². The average molecular weight is 116 g/mol. The van der Waals surface area contributed by atoms with Crippen LogP contribution in [-0.4, -0.2) is 0 Å². The van der Waals surface area contributed by atoms with Crippen LogP contribution in [-0.2, 0) is 0 Å². The van der Waals surface area contributed by atoms with Crippen LogP contribution in [0.2, 0.25) is 0 Å². The molecule has 0 rings (SSSR count). The molecule has 0 atom stereocenters. The molecule has 9 heavy (non-hydrogen) atoms. The molecule has 0 saturated carbocycles. The molecule has 0 amide bonds. The lowest BCUT2D eigenvalue weighted by Gasteiger charge is -1.69. The van der Waals surface area contributed by atoms with E-state index >= 15 is 0 Å². The Morgan fingerprint density at radius 1 is 1.33 bits per heavy atom. The fraction of sp³-hybridized carbons (Fsp3) is 0. The van der Waals surface area contributed by atoms with Gasteiger partial charge in [-0.15, -0.1) is 5.73 Å². The van der Waals surface area contributed by atoms with Crippen molar-refractivity contribution >= 4 is 0 Å². The van der Waals surface area contributed by atoms with Crippen LogP contribution in [0.3, 0.4) is 0 Å². The SMILES string of the molecule is C=C=CC=C(C#N)C#N. The van der Waals surface area contributed by atoms with Crippen LogP contribution in [0.5, 0.6) is 0 Å². The van der Waals surface area contributed by atoms with Gasteiger partial charge in [0.25, 0.3) is 0 Å². The molecule has 0 aromatic heterocycles. The largest absolute Gasteiger partial charge is 0.192 e. The predicted molar refractivity (Wildman–Crippen MR) is 33.0 cm³/mol. The molecule has 42 valence electrons. The number of allylic oxidation sites excluding steroid dienone is 3. The summed E-state index contributed by atoms with van der Waals surface area (Å²) in [6.45, 7) is 3.26. The van der Waals surface area contributed by atoms with Crippen LogP contribution in [0, 0.1) is 22.7 Å². The minimum atomic E-state index is 0.0613. The van der Waals surface area contributed by atoms with Crippen molar-refractivity contribution < 1.29 is 0 Å². The van der Waals surface area contributed by atoms with E-state index in [0.29, 0.717) is 0 Å². The zero-order valence-corrected chi connectivity index (χ0v) is 4.76. The average Bonchev–Trinajstić information content (AvgIpc) is 1.91. The minimum absolute atomic E-state index is 0.0613. The molecule has 2 heteroatoms. The van der Waals surface area contributed by atoms with Gasteiger partial charge in [-0.1, -0.05) is 6.58 Å². The van der Waals surface area contributed by atoms with E-state index in [9.17, 15) is 0 Å². The highest BCUT2D eigenvalue weighted by Crippen LogP contribution is 1.87. The fourth-order valence-electron chi connectivity index (χ4n) is 0.242. The van der Waals surface area contributed by atoms with Crippen LogP contribution in [0.25, 0.3) is 0 Å². The molecular weight excluding hydrogens is 112 g/mol. The number of rotatable bonds is 1. The molecule has 0 spiro atoms. The van der Waals surface area contributed by atoms with Gasteiger partial charge in [0.1, 0.15) is 17.7 Å². The smallest absolute Gasteiger partial charge is 0.130 e. The van der Waals surface area contributed by atoms with Gasteiger partial charge in [0.05, 0.1) is 0 Å². The van der Waals surface area contributed by atoms with Crippen LogP contribution in [0.4, 0.5) is 0 Å². The summed E-state index contributed by atoms with van der Waals surface area (Å²) in [6, 6.07) is 3.38. The second-order valence-electron chi connectivity index (χ2n) is 1.17. The minimum Gasteiger partial charge on any atom is -0.192 e. The van der Waals surface area contributed by atoms with Crippen molar-refractivity contribution in [1.82, 2.24) is 0 Å². The summed E-state index contributed by atoms with van der Waals surface area (Å²) in [7, 11) is 0. The van der Waals surface area contributed by atoms with Crippen LogP contribution >= 0.6 is 0 Å². The topological polar surface area (TPSA) is 47.6 Å². The summed E-state index contributed by atoms with van der Waals surface area (Å²) >= 11 is 0. The third-order valence-corrected chi connectivity index (χ3v) is 0.609. The van der Waals surface area contributed by atoms with Crippen molar-refractivity contribution in [3.05, 3.63) is 30.0 Å². The van der Waals surface area contributed by atoms with Crippen LogP contribution < -0.4 is 0 Å². The van der Waals surface area contributed by atoms with Crippen molar-refractivity contribution in [3.63, 3.8) is 0 Å². The van der Waals surface area contributed by atoms with E-state index in [1.807, 2.05) is 0 Å². The molecule has 0 saturated heterocycles. The summed E-state index contributed by atoms with van der Waals surface area (Å²) in [4.78, 5) is 0. The highest BCUT2D eigenvalue weighted by molar-refractivity contribution is 5.37. The van der Waals surface area contributed by atoms with Gasteiger partial charge in [-0.25, -0.2) is 0 Å². The summed E-state index contributed by atoms with van der Waals surface area (Å²) in [5, 5.41) is 16.3. The summed E-state index contributed by atoms with van der Waals surface area (Å²) < 4.78 is 0. The molecule has 0 N–H and O–H groups in total. The quantitative estimate of drug-likeness (QED) is 0.294. The number of hydrogen-bond acceptors (Lipinski definition) is 2. The van der Waals surface area contributed by atoms with Gasteiger partial charge in [-0.2, -0.15) is 10.5 Å². The first-order chi connectivity index (χ1) is 4.35. The summed E-state index contributed by atoms with van der Waals surface area (Å²) in [6.07, 6.45) is 2.77. The molecule has 0 aliphatic heterocycles. The van der Waals surface area contributed by atoms with Crippen LogP contribution in [0.1, 0.15) is 0 Å². The van der Waals surface area contributed by atoms with E-state index in [0.717, 1.165) is 0 Å². The molecule has 0 aliphatic carbocycles. The van der Waals surface area contributed by atoms with E-state index in [1.165, 1.54) is 12.2 Å². The van der Waals surface area contributed by atoms with Gasteiger partial charge in [-0.05, 0) is 12.2 Å². The second-order valence-corrected chi connectivity index (χ2v) is 1.17. The standard InChI is InChI=1S/C7H4N2/c1-2-3-4-7(5-8)6-9/h3-4H,1H2. The van der Waals surface area contributed by atoms with Crippen molar-refractivity contribution in [3.8, 4) is 12.1 Å². The number of nitrogens with zero attached hydrogens (tertiary/aromatic N) is 2. The Morgan fingerprint density at radius 3 is 2.22 bits per heavy atom. The normalized spacial score (nSPS) is 5.56. The summed E-state index contributed by atoms with van der Waals surface area (Å²) in [5.74, 6) is 0. The van der Waals surface area contributed by atoms with Crippen molar-refractivity contribution in [2.45, 2.75) is 0 Å². The van der Waals surface area contributed by atoms with Gasteiger partial charge >= 0.3 is 0 Å². The van der Waals surface area contributed by atoms with Crippen molar-refractivity contribution in [2.24, 2.45) is 0 Å². The second kappa shape index (κ2) is 4.40. The Morgan fingerprint density at radius 2 is 1.89 bits per heavy atom. The fourth-order valence-corrected chi connectivity index (χ4v) is 0.242. The molecule has 0 radical (unpaired) electrons. The zero-order chi connectivity index (χ0) is 7.11. The predicted octanol–water partition coefficient (Wildman–Crippen LogP) is 1.30. The first-order valence-electron chi connectivity index (χ1n) is 2.21. The molecule has 0 aliphatic rings. The van der Waals surface area contributed by atoms with Crippen molar-refractivity contribution in [2.75, 3.05) is 0 Å². The molecular formula is C7H4N2. The molecule has 0 aromatic carbocycles. The lowest BCUT2D eigenvalue weighted by molar-refractivity contribution is 1.46. The van der Waals surface area contributed by atoms with E-state index in [1.54, 1.807) is 12.1 Å². The van der Waals surface area contributed by atoms with E-state index in [-0.39, 0.29) is 5.57 Å². The maximum absolute atomic E-state index is 8.14. The van der Waals surface area contributed by atoms with Crippen molar-refractivity contribution in [1.29, 1.82) is 10.5 Å². The Kier molecular flexibility index (Phi) is 3.54. The molecule has 0 bridgehead atoms. The third-order valence-electron chi connectivity index (χ3n) is 0.609. The molecule has 0 fully saturated rings. The Labute approximate surface area is 53.6 Å². The first kappa shape index (κ1) is 7.24. The Balaban J connectivity index is 4.36. The number of hydrogen-bond donors (Lipinski definition) is 0. The van der Waals surface area contributed by atoms with E-state index < -0.39 is 0 Å². The van der Waals surface area contributed by atoms with Gasteiger partial charge in [0.15, 0.2) is 0 Å². The molecule has 0 unspecified atom stereocenters.